The third-order valence-corrected chi connectivity index (χ3v) is 5.37. The van der Waals surface area contributed by atoms with Crippen LogP contribution >= 0.6 is 22.6 Å². The van der Waals surface area contributed by atoms with Crippen molar-refractivity contribution in [2.45, 2.75) is 19.9 Å². The zero-order valence-electron chi connectivity index (χ0n) is 12.3. The van der Waals surface area contributed by atoms with Crippen LogP contribution in [0.5, 0.6) is 0 Å². The van der Waals surface area contributed by atoms with Gasteiger partial charge in [0, 0.05) is 29.7 Å². The van der Waals surface area contributed by atoms with Gasteiger partial charge >= 0.3 is 0 Å². The highest BCUT2D eigenvalue weighted by atomic mass is 127. The summed E-state index contributed by atoms with van der Waals surface area (Å²) in [6.45, 7) is 8.31. The molecule has 1 fully saturated rings. The lowest BCUT2D eigenvalue weighted by Crippen LogP contribution is -2.44. The quantitative estimate of drug-likeness (QED) is 0.806. The van der Waals surface area contributed by atoms with Gasteiger partial charge in [0.15, 0.2) is 5.82 Å². The molecule has 1 unspecified atom stereocenters. The van der Waals surface area contributed by atoms with Crippen LogP contribution in [0.4, 0.5) is 0 Å². The largest absolute Gasteiger partial charge is 0.334 e. The minimum atomic E-state index is 0.187. The molecule has 1 aliphatic heterocycles. The number of nitrogens with zero attached hydrogens (tertiary/aromatic N) is 3. The van der Waals surface area contributed by atoms with Crippen molar-refractivity contribution in [2.75, 3.05) is 26.2 Å². The molecule has 2 heterocycles. The molecule has 3 rings (SSSR count). The van der Waals surface area contributed by atoms with Gasteiger partial charge in [0.1, 0.15) is 0 Å². The fourth-order valence-electron chi connectivity index (χ4n) is 2.56. The smallest absolute Gasteiger partial charge is 0.259 e. The van der Waals surface area contributed by atoms with Crippen LogP contribution in [0, 0.1) is 10.5 Å². The molecule has 0 radical (unpaired) electrons. The van der Waals surface area contributed by atoms with Crippen molar-refractivity contribution in [1.29, 1.82) is 0 Å². The number of hydrogen-bond donors (Lipinski definition) is 1. The number of benzene rings is 1. The summed E-state index contributed by atoms with van der Waals surface area (Å²) in [5, 5.41) is 7.55. The maximum atomic E-state index is 5.49. The molecule has 0 aliphatic carbocycles. The highest BCUT2D eigenvalue weighted by Gasteiger charge is 2.23. The molecule has 6 heteroatoms. The van der Waals surface area contributed by atoms with Crippen LogP contribution in [-0.4, -0.2) is 41.2 Å². The predicted octanol–water partition coefficient (Wildman–Crippen LogP) is 2.62. The second-order valence-corrected chi connectivity index (χ2v) is 6.43. The van der Waals surface area contributed by atoms with Gasteiger partial charge in [-0.2, -0.15) is 4.98 Å². The van der Waals surface area contributed by atoms with E-state index in [1.165, 1.54) is 9.13 Å². The van der Waals surface area contributed by atoms with Crippen LogP contribution < -0.4 is 5.32 Å². The Balaban J connectivity index is 1.84. The fourth-order valence-corrected chi connectivity index (χ4v) is 3.15. The lowest BCUT2D eigenvalue weighted by Gasteiger charge is -2.30. The van der Waals surface area contributed by atoms with E-state index in [0.29, 0.717) is 5.89 Å². The van der Waals surface area contributed by atoms with Crippen LogP contribution in [0.15, 0.2) is 22.7 Å². The molecule has 5 nitrogen and oxygen atoms in total. The molecule has 1 aromatic carbocycles. The Morgan fingerprint density at radius 3 is 2.86 bits per heavy atom. The van der Waals surface area contributed by atoms with Crippen molar-refractivity contribution in [3.8, 4) is 11.5 Å². The van der Waals surface area contributed by atoms with Crippen LogP contribution in [0.1, 0.15) is 24.4 Å². The van der Waals surface area contributed by atoms with Crippen molar-refractivity contribution >= 4 is 22.6 Å². The maximum absolute atomic E-state index is 5.49. The molecular formula is C15H19IN4O. The lowest BCUT2D eigenvalue weighted by atomic mass is 10.1. The van der Waals surface area contributed by atoms with Gasteiger partial charge in [-0.05, 0) is 48.1 Å². The number of aromatic nitrogens is 2. The van der Waals surface area contributed by atoms with Gasteiger partial charge in [0.25, 0.3) is 5.89 Å². The van der Waals surface area contributed by atoms with E-state index in [9.17, 15) is 0 Å². The maximum Gasteiger partial charge on any atom is 0.259 e. The van der Waals surface area contributed by atoms with Crippen molar-refractivity contribution < 1.29 is 4.52 Å². The summed E-state index contributed by atoms with van der Waals surface area (Å²) >= 11 is 2.33. The summed E-state index contributed by atoms with van der Waals surface area (Å²) < 4.78 is 6.66. The zero-order valence-corrected chi connectivity index (χ0v) is 14.4. The van der Waals surface area contributed by atoms with Gasteiger partial charge in [-0.25, -0.2) is 0 Å². The fraction of sp³-hybridized carbons (Fsp3) is 0.467. The highest BCUT2D eigenvalue weighted by Crippen LogP contribution is 2.28. The Morgan fingerprint density at radius 1 is 1.33 bits per heavy atom. The Hall–Kier alpha value is -0.990. The van der Waals surface area contributed by atoms with Gasteiger partial charge in [0.2, 0.25) is 0 Å². The topological polar surface area (TPSA) is 54.2 Å². The van der Waals surface area contributed by atoms with Crippen LogP contribution in [0.2, 0.25) is 0 Å². The Labute approximate surface area is 138 Å². The molecular weight excluding hydrogens is 379 g/mol. The highest BCUT2D eigenvalue weighted by molar-refractivity contribution is 14.1. The standard InChI is InChI=1S/C15H19IN4O/c1-10-4-3-5-12(13(10)16)15-18-14(19-21-15)11(2)20-8-6-17-7-9-20/h3-5,11,17H,6-9H2,1-2H3. The van der Waals surface area contributed by atoms with E-state index in [1.54, 1.807) is 0 Å². The summed E-state index contributed by atoms with van der Waals surface area (Å²) in [6, 6.07) is 6.33. The molecule has 0 amide bonds. The first-order valence-electron chi connectivity index (χ1n) is 7.20. The minimum absolute atomic E-state index is 0.187. The average molecular weight is 398 g/mol. The Morgan fingerprint density at radius 2 is 2.10 bits per heavy atom. The van der Waals surface area contributed by atoms with Gasteiger partial charge in [-0.1, -0.05) is 17.3 Å². The van der Waals surface area contributed by atoms with E-state index in [1.807, 2.05) is 12.1 Å². The van der Waals surface area contributed by atoms with E-state index in [2.05, 4.69) is 62.9 Å². The zero-order chi connectivity index (χ0) is 14.8. The summed E-state index contributed by atoms with van der Waals surface area (Å²) in [7, 11) is 0. The van der Waals surface area contributed by atoms with Crippen molar-refractivity contribution in [3.05, 3.63) is 33.2 Å². The third-order valence-electron chi connectivity index (χ3n) is 3.94. The molecule has 0 saturated carbocycles. The summed E-state index contributed by atoms with van der Waals surface area (Å²) in [4.78, 5) is 6.99. The second-order valence-electron chi connectivity index (χ2n) is 5.36. The van der Waals surface area contributed by atoms with Crippen molar-refractivity contribution in [2.24, 2.45) is 0 Å². The SMILES string of the molecule is Cc1cccc(-c2nc(C(C)N3CCNCC3)no2)c1I. The first kappa shape index (κ1) is 14.9. The number of piperazine rings is 1. The number of rotatable bonds is 3. The normalized spacial score (nSPS) is 17.9. The summed E-state index contributed by atoms with van der Waals surface area (Å²) in [5.41, 5.74) is 2.24. The molecule has 1 atom stereocenters. The molecule has 1 saturated heterocycles. The Kier molecular flexibility index (Phi) is 4.56. The molecule has 1 aromatic heterocycles. The monoisotopic (exact) mass is 398 g/mol. The number of hydrogen-bond acceptors (Lipinski definition) is 5. The second kappa shape index (κ2) is 6.41. The summed E-state index contributed by atoms with van der Waals surface area (Å²) in [5.74, 6) is 1.38. The molecule has 21 heavy (non-hydrogen) atoms. The number of halogens is 1. The van der Waals surface area contributed by atoms with Crippen molar-refractivity contribution in [3.63, 3.8) is 0 Å². The van der Waals surface area contributed by atoms with Gasteiger partial charge in [-0.15, -0.1) is 0 Å². The van der Waals surface area contributed by atoms with E-state index in [-0.39, 0.29) is 6.04 Å². The molecule has 1 N–H and O–H groups in total. The average Bonchev–Trinajstić information content (AvgIpc) is 3.00. The van der Waals surface area contributed by atoms with E-state index >= 15 is 0 Å². The first-order chi connectivity index (χ1) is 10.2. The first-order valence-corrected chi connectivity index (χ1v) is 8.28. The lowest BCUT2D eigenvalue weighted by molar-refractivity contribution is 0.176. The number of nitrogens with one attached hydrogen (secondary N) is 1. The van der Waals surface area contributed by atoms with Crippen molar-refractivity contribution in [1.82, 2.24) is 20.4 Å². The predicted molar refractivity (Wildman–Crippen MR) is 90.0 cm³/mol. The van der Waals surface area contributed by atoms with E-state index in [4.69, 9.17) is 4.52 Å². The van der Waals surface area contributed by atoms with Crippen LogP contribution in [-0.2, 0) is 0 Å². The molecule has 112 valence electrons. The van der Waals surface area contributed by atoms with E-state index in [0.717, 1.165) is 37.6 Å². The van der Waals surface area contributed by atoms with Gasteiger partial charge in [0.05, 0.1) is 11.6 Å². The molecule has 1 aliphatic rings. The van der Waals surface area contributed by atoms with Gasteiger partial charge < -0.3 is 9.84 Å². The Bertz CT molecular complexity index is 622. The number of aryl methyl sites for hydroxylation is 1. The molecule has 0 spiro atoms. The molecule has 2 aromatic rings. The third kappa shape index (κ3) is 3.12. The van der Waals surface area contributed by atoms with Crippen LogP contribution in [0.3, 0.4) is 0 Å². The molecule has 0 bridgehead atoms. The van der Waals surface area contributed by atoms with E-state index < -0.39 is 0 Å². The summed E-state index contributed by atoms with van der Waals surface area (Å²) in [6.07, 6.45) is 0. The van der Waals surface area contributed by atoms with Gasteiger partial charge in [-0.3, -0.25) is 4.90 Å². The minimum Gasteiger partial charge on any atom is -0.334 e. The van der Waals surface area contributed by atoms with Crippen LogP contribution in [0.25, 0.3) is 11.5 Å².